The van der Waals surface area contributed by atoms with Crippen LogP contribution in [0.3, 0.4) is 0 Å². The largest absolute Gasteiger partial charge is 0.491 e. The molecule has 1 rings (SSSR count). The van der Waals surface area contributed by atoms with Crippen LogP contribution in [0, 0.1) is 6.92 Å². The molecular formula is C15H22O5. The van der Waals surface area contributed by atoms with Crippen molar-refractivity contribution in [3.05, 3.63) is 29.3 Å². The lowest BCUT2D eigenvalue weighted by Crippen LogP contribution is -2.24. The average Bonchev–Trinajstić information content (AvgIpc) is 2.42. The third kappa shape index (κ3) is 5.59. The number of rotatable bonds is 9. The molecule has 1 unspecified atom stereocenters. The fourth-order valence-corrected chi connectivity index (χ4v) is 1.64. The minimum atomic E-state index is -0.969. The Balaban J connectivity index is 2.39. The van der Waals surface area contributed by atoms with Gasteiger partial charge in [0.25, 0.3) is 0 Å². The topological polar surface area (TPSA) is 76.0 Å². The highest BCUT2D eigenvalue weighted by Crippen LogP contribution is 2.19. The summed E-state index contributed by atoms with van der Waals surface area (Å²) in [6.45, 7) is 4.85. The fraction of sp³-hybridized carbons (Fsp3) is 0.533. The molecule has 5 heteroatoms. The second-order valence-corrected chi connectivity index (χ2v) is 4.68. The van der Waals surface area contributed by atoms with E-state index < -0.39 is 12.1 Å². The summed E-state index contributed by atoms with van der Waals surface area (Å²) in [4.78, 5) is 10.8. The third-order valence-electron chi connectivity index (χ3n) is 2.81. The highest BCUT2D eigenvalue weighted by atomic mass is 16.5. The molecule has 0 radical (unpaired) electrons. The smallest absolute Gasteiger partial charge is 0.335 e. The molecule has 1 atom stereocenters. The van der Waals surface area contributed by atoms with Gasteiger partial charge in [0.2, 0.25) is 0 Å². The molecule has 5 nitrogen and oxygen atoms in total. The number of aromatic carboxylic acids is 1. The van der Waals surface area contributed by atoms with Crippen molar-refractivity contribution >= 4 is 5.97 Å². The Morgan fingerprint density at radius 2 is 2.10 bits per heavy atom. The number of hydrogen-bond donors (Lipinski definition) is 2. The fourth-order valence-electron chi connectivity index (χ4n) is 1.64. The summed E-state index contributed by atoms with van der Waals surface area (Å²) in [5, 5.41) is 18.6. The SMILES string of the molecule is CCCCOCC(O)COc1ccc(C(=O)O)cc1C. The molecule has 0 amide bonds. The standard InChI is InChI=1S/C15H22O5/c1-3-4-7-19-9-13(16)10-20-14-6-5-12(15(17)18)8-11(14)2/h5-6,8,13,16H,3-4,7,9-10H2,1-2H3,(H,17,18). The first kappa shape index (κ1) is 16.5. The van der Waals surface area contributed by atoms with Crippen LogP contribution in [0.1, 0.15) is 35.7 Å². The van der Waals surface area contributed by atoms with Crippen LogP contribution in [0.5, 0.6) is 5.75 Å². The molecule has 1 aromatic rings. The Hall–Kier alpha value is -1.59. The summed E-state index contributed by atoms with van der Waals surface area (Å²) < 4.78 is 10.8. The monoisotopic (exact) mass is 282 g/mol. The molecule has 0 heterocycles. The van der Waals surface area contributed by atoms with Gasteiger partial charge in [0.05, 0.1) is 12.2 Å². The minimum Gasteiger partial charge on any atom is -0.491 e. The van der Waals surface area contributed by atoms with Crippen molar-refractivity contribution in [3.63, 3.8) is 0 Å². The number of carboxylic acids is 1. The van der Waals surface area contributed by atoms with Crippen LogP contribution >= 0.6 is 0 Å². The summed E-state index contributed by atoms with van der Waals surface area (Å²) in [6, 6.07) is 4.63. The number of carboxylic acid groups (broad SMARTS) is 1. The molecule has 0 aromatic heterocycles. The van der Waals surface area contributed by atoms with Crippen molar-refractivity contribution in [2.45, 2.75) is 32.8 Å². The maximum Gasteiger partial charge on any atom is 0.335 e. The summed E-state index contributed by atoms with van der Waals surface area (Å²) in [5.74, 6) is -0.397. The van der Waals surface area contributed by atoms with E-state index in [-0.39, 0.29) is 18.8 Å². The first-order valence-electron chi connectivity index (χ1n) is 6.77. The lowest BCUT2D eigenvalue weighted by molar-refractivity contribution is 0.0112. The van der Waals surface area contributed by atoms with Crippen LogP contribution < -0.4 is 4.74 Å². The Labute approximate surface area is 119 Å². The highest BCUT2D eigenvalue weighted by Gasteiger charge is 2.09. The van der Waals surface area contributed by atoms with Gasteiger partial charge in [-0.05, 0) is 37.1 Å². The van der Waals surface area contributed by atoms with Crippen molar-refractivity contribution in [2.75, 3.05) is 19.8 Å². The lowest BCUT2D eigenvalue weighted by atomic mass is 10.1. The number of aliphatic hydroxyl groups excluding tert-OH is 1. The van der Waals surface area contributed by atoms with E-state index in [0.717, 1.165) is 18.4 Å². The predicted octanol–water partition coefficient (Wildman–Crippen LogP) is 2.25. The molecule has 112 valence electrons. The maximum atomic E-state index is 10.8. The van der Waals surface area contributed by atoms with Crippen LogP contribution in [-0.2, 0) is 4.74 Å². The van der Waals surface area contributed by atoms with Crippen LogP contribution in [0.2, 0.25) is 0 Å². The highest BCUT2D eigenvalue weighted by molar-refractivity contribution is 5.88. The number of aryl methyl sites for hydroxylation is 1. The van der Waals surface area contributed by atoms with Crippen molar-refractivity contribution in [3.8, 4) is 5.75 Å². The van der Waals surface area contributed by atoms with E-state index in [9.17, 15) is 9.90 Å². The summed E-state index contributed by atoms with van der Waals surface area (Å²) >= 11 is 0. The molecule has 2 N–H and O–H groups in total. The molecule has 0 spiro atoms. The van der Waals surface area contributed by atoms with Gasteiger partial charge in [-0.2, -0.15) is 0 Å². The second kappa shape index (κ2) is 8.55. The Kier molecular flexibility index (Phi) is 7.04. The minimum absolute atomic E-state index is 0.124. The van der Waals surface area contributed by atoms with E-state index in [1.807, 2.05) is 0 Å². The normalized spacial score (nSPS) is 12.2. The average molecular weight is 282 g/mol. The van der Waals surface area contributed by atoms with E-state index >= 15 is 0 Å². The lowest BCUT2D eigenvalue weighted by Gasteiger charge is -2.14. The van der Waals surface area contributed by atoms with Crippen LogP contribution in [-0.4, -0.2) is 42.1 Å². The number of hydrogen-bond acceptors (Lipinski definition) is 4. The van der Waals surface area contributed by atoms with Gasteiger partial charge >= 0.3 is 5.97 Å². The number of ether oxygens (including phenoxy) is 2. The second-order valence-electron chi connectivity index (χ2n) is 4.68. The zero-order valence-electron chi connectivity index (χ0n) is 12.0. The zero-order valence-corrected chi connectivity index (χ0v) is 12.0. The number of carbonyl (C=O) groups is 1. The number of aliphatic hydroxyl groups is 1. The van der Waals surface area contributed by atoms with Gasteiger partial charge in [-0.3, -0.25) is 0 Å². The first-order chi connectivity index (χ1) is 9.54. The van der Waals surface area contributed by atoms with Crippen LogP contribution in [0.4, 0.5) is 0 Å². The molecule has 0 bridgehead atoms. The van der Waals surface area contributed by atoms with Crippen molar-refractivity contribution in [1.82, 2.24) is 0 Å². The molecule has 0 saturated heterocycles. The maximum absolute atomic E-state index is 10.8. The van der Waals surface area contributed by atoms with Crippen molar-refractivity contribution in [1.29, 1.82) is 0 Å². The van der Waals surface area contributed by atoms with E-state index in [0.29, 0.717) is 12.4 Å². The Morgan fingerprint density at radius 1 is 1.35 bits per heavy atom. The van der Waals surface area contributed by atoms with Crippen LogP contribution in [0.25, 0.3) is 0 Å². The molecule has 0 aliphatic carbocycles. The van der Waals surface area contributed by atoms with E-state index in [1.165, 1.54) is 6.07 Å². The third-order valence-corrected chi connectivity index (χ3v) is 2.81. The zero-order chi connectivity index (χ0) is 15.0. The predicted molar refractivity (Wildman–Crippen MR) is 75.4 cm³/mol. The molecular weight excluding hydrogens is 260 g/mol. The number of unbranched alkanes of at least 4 members (excludes halogenated alkanes) is 1. The molecule has 20 heavy (non-hydrogen) atoms. The van der Waals surface area contributed by atoms with E-state index in [1.54, 1.807) is 19.1 Å². The summed E-state index contributed by atoms with van der Waals surface area (Å²) in [5.41, 5.74) is 0.947. The molecule has 0 aliphatic rings. The van der Waals surface area contributed by atoms with Gasteiger partial charge in [0.1, 0.15) is 18.5 Å². The summed E-state index contributed by atoms with van der Waals surface area (Å²) in [7, 11) is 0. The molecule has 1 aromatic carbocycles. The van der Waals surface area contributed by atoms with Crippen LogP contribution in [0.15, 0.2) is 18.2 Å². The van der Waals surface area contributed by atoms with Gasteiger partial charge < -0.3 is 19.7 Å². The van der Waals surface area contributed by atoms with E-state index in [4.69, 9.17) is 14.6 Å². The molecule has 0 saturated carbocycles. The van der Waals surface area contributed by atoms with Gasteiger partial charge in [0, 0.05) is 6.61 Å². The van der Waals surface area contributed by atoms with Crippen molar-refractivity contribution in [2.24, 2.45) is 0 Å². The Morgan fingerprint density at radius 3 is 2.70 bits per heavy atom. The molecule has 0 aliphatic heterocycles. The first-order valence-corrected chi connectivity index (χ1v) is 6.77. The van der Waals surface area contributed by atoms with Crippen molar-refractivity contribution < 1.29 is 24.5 Å². The van der Waals surface area contributed by atoms with Gasteiger partial charge in [-0.1, -0.05) is 13.3 Å². The summed E-state index contributed by atoms with van der Waals surface area (Å²) in [6.07, 6.45) is 1.34. The van der Waals surface area contributed by atoms with Gasteiger partial charge in [-0.25, -0.2) is 4.79 Å². The molecule has 0 fully saturated rings. The quantitative estimate of drug-likeness (QED) is 0.679. The van der Waals surface area contributed by atoms with E-state index in [2.05, 4.69) is 6.92 Å². The van der Waals surface area contributed by atoms with Gasteiger partial charge in [-0.15, -0.1) is 0 Å². The number of benzene rings is 1. The Bertz CT molecular complexity index is 430. The van der Waals surface area contributed by atoms with Gasteiger partial charge in [0.15, 0.2) is 0 Å².